The highest BCUT2D eigenvalue weighted by Crippen LogP contribution is 2.33. The molecule has 0 bridgehead atoms. The first-order chi connectivity index (χ1) is 16.5. The van der Waals surface area contributed by atoms with Crippen molar-refractivity contribution >= 4 is 41.1 Å². The summed E-state index contributed by atoms with van der Waals surface area (Å²) in [7, 11) is 0. The highest BCUT2D eigenvalue weighted by Gasteiger charge is 2.25. The maximum Gasteiger partial charge on any atom is 0.328 e. The second-order valence-electron chi connectivity index (χ2n) is 8.02. The van der Waals surface area contributed by atoms with E-state index in [0.717, 1.165) is 36.7 Å². The fourth-order valence-corrected chi connectivity index (χ4v) is 4.09. The number of nitrogens with zero attached hydrogens (tertiary/aromatic N) is 3. The minimum Gasteiger partial charge on any atom is -0.478 e. The molecule has 0 aliphatic carbocycles. The van der Waals surface area contributed by atoms with E-state index in [-0.39, 0.29) is 17.8 Å². The average Bonchev–Trinajstić information content (AvgIpc) is 2.84. The van der Waals surface area contributed by atoms with Crippen LogP contribution in [0, 0.1) is 0 Å². The third kappa shape index (κ3) is 5.69. The number of nitrogen functional groups attached to an aromatic ring is 1. The second kappa shape index (κ2) is 10.5. The molecule has 1 atom stereocenters. The highest BCUT2D eigenvalue weighted by atomic mass is 16.4. The molecule has 1 saturated heterocycles. The van der Waals surface area contributed by atoms with E-state index in [1.807, 2.05) is 54.6 Å². The zero-order chi connectivity index (χ0) is 23.9. The zero-order valence-electron chi connectivity index (χ0n) is 18.5. The third-order valence-electron chi connectivity index (χ3n) is 5.65. The summed E-state index contributed by atoms with van der Waals surface area (Å²) in [6.45, 7) is 1.46. The lowest BCUT2D eigenvalue weighted by Crippen LogP contribution is -2.35. The van der Waals surface area contributed by atoms with Crippen molar-refractivity contribution in [3.8, 4) is 0 Å². The molecule has 5 N–H and O–H groups in total. The number of carboxylic acids is 1. The molecule has 2 amide bonds. The number of benzene rings is 2. The highest BCUT2D eigenvalue weighted by molar-refractivity contribution is 5.99. The van der Waals surface area contributed by atoms with Gasteiger partial charge in [0.25, 0.3) is 0 Å². The number of hydrogen-bond acceptors (Lipinski definition) is 6. The smallest absolute Gasteiger partial charge is 0.328 e. The number of carboxylic acid groups (broad SMARTS) is 1. The molecule has 174 valence electrons. The van der Waals surface area contributed by atoms with Crippen LogP contribution in [-0.4, -0.2) is 40.2 Å². The quantitative estimate of drug-likeness (QED) is 0.407. The van der Waals surface area contributed by atoms with Crippen LogP contribution >= 0.6 is 0 Å². The van der Waals surface area contributed by atoms with Crippen molar-refractivity contribution in [1.82, 2.24) is 9.97 Å². The molecule has 34 heavy (non-hydrogen) atoms. The van der Waals surface area contributed by atoms with Gasteiger partial charge in [0.15, 0.2) is 0 Å². The summed E-state index contributed by atoms with van der Waals surface area (Å²) < 4.78 is 0. The Balaban J connectivity index is 1.48. The van der Waals surface area contributed by atoms with E-state index < -0.39 is 5.97 Å². The van der Waals surface area contributed by atoms with Crippen molar-refractivity contribution in [3.63, 3.8) is 0 Å². The number of hydrogen-bond donors (Lipinski definition) is 4. The van der Waals surface area contributed by atoms with Crippen LogP contribution in [0.25, 0.3) is 6.08 Å². The van der Waals surface area contributed by atoms with E-state index >= 15 is 0 Å². The maximum atomic E-state index is 12.4. The van der Waals surface area contributed by atoms with Crippen LogP contribution in [0.4, 0.5) is 27.8 Å². The molecule has 2 heterocycles. The van der Waals surface area contributed by atoms with Crippen LogP contribution in [0.1, 0.15) is 29.9 Å². The van der Waals surface area contributed by atoms with Crippen molar-refractivity contribution in [2.24, 2.45) is 0 Å². The Morgan fingerprint density at radius 3 is 2.62 bits per heavy atom. The van der Waals surface area contributed by atoms with Crippen LogP contribution in [0.5, 0.6) is 0 Å². The number of para-hydroxylation sites is 1. The molecule has 9 nitrogen and oxygen atoms in total. The van der Waals surface area contributed by atoms with Crippen molar-refractivity contribution in [2.45, 2.75) is 18.8 Å². The van der Waals surface area contributed by atoms with Gasteiger partial charge in [-0.2, -0.15) is 0 Å². The fourth-order valence-electron chi connectivity index (χ4n) is 4.09. The van der Waals surface area contributed by atoms with Crippen LogP contribution in [0.3, 0.4) is 0 Å². The average molecular weight is 459 g/mol. The molecule has 1 aliphatic heterocycles. The number of carbonyl (C=O) groups excluding carboxylic acids is 1. The van der Waals surface area contributed by atoms with Gasteiger partial charge in [0.1, 0.15) is 18.0 Å². The van der Waals surface area contributed by atoms with Gasteiger partial charge in [-0.15, -0.1) is 0 Å². The molecule has 1 aliphatic rings. The van der Waals surface area contributed by atoms with Crippen LogP contribution in [-0.2, 0) is 4.79 Å². The SMILES string of the molecule is Nc1ncnc(N2CCCC(c3cccc(NC(=O)Nc4ccccc4)c3)C2)c1C=CC(=O)O. The molecule has 9 heteroatoms. The molecule has 0 radical (unpaired) electrons. The molecular formula is C25H26N6O3. The Labute approximate surface area is 197 Å². The summed E-state index contributed by atoms with van der Waals surface area (Å²) in [5.41, 5.74) is 9.04. The predicted molar refractivity (Wildman–Crippen MR) is 133 cm³/mol. The lowest BCUT2D eigenvalue weighted by molar-refractivity contribution is -0.131. The Hall–Kier alpha value is -4.40. The van der Waals surface area contributed by atoms with Gasteiger partial charge in [-0.3, -0.25) is 0 Å². The summed E-state index contributed by atoms with van der Waals surface area (Å²) in [5, 5.41) is 14.7. The van der Waals surface area contributed by atoms with Gasteiger partial charge >= 0.3 is 12.0 Å². The van der Waals surface area contributed by atoms with Gasteiger partial charge in [-0.1, -0.05) is 30.3 Å². The van der Waals surface area contributed by atoms with Crippen LogP contribution in [0.15, 0.2) is 67.0 Å². The first-order valence-corrected chi connectivity index (χ1v) is 11.0. The standard InChI is InChI=1S/C25H26N6O3/c26-23-21(11-12-22(32)33)24(28-16-27-23)31-13-5-7-18(15-31)17-6-4-10-20(14-17)30-25(34)29-19-8-2-1-3-9-19/h1-4,6,8-12,14,16,18H,5,7,13,15H2,(H,32,33)(H2,26,27,28)(H2,29,30,34). The van der Waals surface area contributed by atoms with Gasteiger partial charge in [0, 0.05) is 36.5 Å². The van der Waals surface area contributed by atoms with E-state index in [1.54, 1.807) is 0 Å². The molecule has 3 aromatic rings. The van der Waals surface area contributed by atoms with Crippen LogP contribution < -0.4 is 21.3 Å². The van der Waals surface area contributed by atoms with Crippen LogP contribution in [0.2, 0.25) is 0 Å². The molecule has 0 spiro atoms. The van der Waals surface area contributed by atoms with Gasteiger partial charge in [0.2, 0.25) is 0 Å². The van der Waals surface area contributed by atoms with Gasteiger partial charge in [0.05, 0.1) is 5.56 Å². The Kier molecular flexibility index (Phi) is 7.02. The number of anilines is 4. The van der Waals surface area contributed by atoms with Crippen molar-refractivity contribution in [3.05, 3.63) is 78.1 Å². The second-order valence-corrected chi connectivity index (χ2v) is 8.02. The van der Waals surface area contributed by atoms with Gasteiger partial charge in [-0.05, 0) is 48.7 Å². The fraction of sp³-hybridized carbons (Fsp3) is 0.200. The summed E-state index contributed by atoms with van der Waals surface area (Å²) in [6.07, 6.45) is 5.78. The number of aliphatic carboxylic acids is 1. The van der Waals surface area contributed by atoms with Crippen molar-refractivity contribution < 1.29 is 14.7 Å². The topological polar surface area (TPSA) is 133 Å². The number of piperidine rings is 1. The molecule has 2 aromatic carbocycles. The number of aromatic nitrogens is 2. The summed E-state index contributed by atoms with van der Waals surface area (Å²) in [6, 6.07) is 16.8. The number of carbonyl (C=O) groups is 2. The Morgan fingerprint density at radius 2 is 1.82 bits per heavy atom. The molecular weight excluding hydrogens is 432 g/mol. The Morgan fingerprint density at radius 1 is 1.06 bits per heavy atom. The normalized spacial score (nSPS) is 15.8. The molecule has 1 aromatic heterocycles. The Bertz CT molecular complexity index is 1200. The summed E-state index contributed by atoms with van der Waals surface area (Å²) in [5.74, 6) is -0.00187. The lowest BCUT2D eigenvalue weighted by atomic mass is 9.90. The number of nitrogens with two attached hydrogens (primary N) is 1. The van der Waals surface area contributed by atoms with Gasteiger partial charge < -0.3 is 26.4 Å². The number of rotatable bonds is 6. The van der Waals surface area contributed by atoms with Gasteiger partial charge in [-0.25, -0.2) is 19.6 Å². The molecule has 0 saturated carbocycles. The molecule has 1 fully saturated rings. The first-order valence-electron chi connectivity index (χ1n) is 11.0. The first kappa shape index (κ1) is 22.8. The van der Waals surface area contributed by atoms with E-state index in [1.165, 1.54) is 12.4 Å². The van der Waals surface area contributed by atoms with Crippen molar-refractivity contribution in [2.75, 3.05) is 34.4 Å². The number of nitrogens with one attached hydrogen (secondary N) is 2. The largest absolute Gasteiger partial charge is 0.478 e. The van der Waals surface area contributed by atoms with E-state index in [9.17, 15) is 9.59 Å². The number of urea groups is 1. The molecule has 4 rings (SSSR count). The van der Waals surface area contributed by atoms with E-state index in [4.69, 9.17) is 10.8 Å². The van der Waals surface area contributed by atoms with E-state index in [2.05, 4.69) is 25.5 Å². The van der Waals surface area contributed by atoms with E-state index in [0.29, 0.717) is 23.6 Å². The summed E-state index contributed by atoms with van der Waals surface area (Å²) >= 11 is 0. The number of amides is 2. The van der Waals surface area contributed by atoms with Crippen molar-refractivity contribution in [1.29, 1.82) is 0 Å². The third-order valence-corrected chi connectivity index (χ3v) is 5.65. The predicted octanol–water partition coefficient (Wildman–Crippen LogP) is 4.18. The minimum absolute atomic E-state index is 0.208. The molecule has 1 unspecified atom stereocenters. The monoisotopic (exact) mass is 458 g/mol. The lowest BCUT2D eigenvalue weighted by Gasteiger charge is -2.34. The maximum absolute atomic E-state index is 12.4. The summed E-state index contributed by atoms with van der Waals surface area (Å²) in [4.78, 5) is 33.9. The zero-order valence-corrected chi connectivity index (χ0v) is 18.5. The minimum atomic E-state index is -1.06.